The van der Waals surface area contributed by atoms with Crippen LogP contribution in [0, 0.1) is 0 Å². The van der Waals surface area contributed by atoms with Gasteiger partial charge in [0.25, 0.3) is 0 Å². The monoisotopic (exact) mass is 466 g/mol. The van der Waals surface area contributed by atoms with E-state index in [4.69, 9.17) is 11.6 Å². The van der Waals surface area contributed by atoms with Crippen LogP contribution < -0.4 is 0 Å². The van der Waals surface area contributed by atoms with Crippen LogP contribution in [0.4, 0.5) is 0 Å². The van der Waals surface area contributed by atoms with E-state index < -0.39 is 10.0 Å². The highest BCUT2D eigenvalue weighted by atomic mass is 35.5. The fourth-order valence-corrected chi connectivity index (χ4v) is 5.02. The molecule has 0 fully saturated rings. The SMILES string of the molecule is O=S(=O)(c1ccccc1)N(CCc1ccccc1)Cc1ncn(Cc2cccc(Cl)c2)n1. The van der Waals surface area contributed by atoms with E-state index in [-0.39, 0.29) is 11.4 Å². The van der Waals surface area contributed by atoms with Gasteiger partial charge in [0, 0.05) is 11.6 Å². The second-order valence-electron chi connectivity index (χ2n) is 7.38. The lowest BCUT2D eigenvalue weighted by Crippen LogP contribution is -2.33. The normalized spacial score (nSPS) is 11.7. The van der Waals surface area contributed by atoms with Crippen LogP contribution in [0.3, 0.4) is 0 Å². The first-order valence-electron chi connectivity index (χ1n) is 10.2. The molecule has 0 radical (unpaired) electrons. The third-order valence-electron chi connectivity index (χ3n) is 5.01. The number of benzene rings is 3. The molecule has 4 rings (SSSR count). The van der Waals surface area contributed by atoms with Crippen molar-refractivity contribution < 1.29 is 8.42 Å². The summed E-state index contributed by atoms with van der Waals surface area (Å²) in [7, 11) is -3.70. The number of sulfonamides is 1. The van der Waals surface area contributed by atoms with E-state index in [0.29, 0.717) is 30.4 Å². The standard InChI is InChI=1S/C24H23ClN4O2S/c25-22-11-7-10-21(16-22)17-28-19-26-24(27-28)18-29(15-14-20-8-3-1-4-9-20)32(30,31)23-12-5-2-6-13-23/h1-13,16,19H,14-15,17-18H2. The molecule has 0 saturated carbocycles. The summed E-state index contributed by atoms with van der Waals surface area (Å²) in [5.74, 6) is 0.444. The molecule has 0 saturated heterocycles. The molecular formula is C24H23ClN4O2S. The van der Waals surface area contributed by atoms with Gasteiger partial charge in [0.1, 0.15) is 6.33 Å². The van der Waals surface area contributed by atoms with Gasteiger partial charge in [-0.2, -0.15) is 9.40 Å². The lowest BCUT2D eigenvalue weighted by Gasteiger charge is -2.21. The van der Waals surface area contributed by atoms with E-state index in [1.54, 1.807) is 41.3 Å². The zero-order valence-corrected chi connectivity index (χ0v) is 19.0. The van der Waals surface area contributed by atoms with E-state index in [9.17, 15) is 8.42 Å². The van der Waals surface area contributed by atoms with Crippen LogP contribution in [-0.2, 0) is 29.5 Å². The lowest BCUT2D eigenvalue weighted by molar-refractivity contribution is 0.399. The quantitative estimate of drug-likeness (QED) is 0.366. The maximum Gasteiger partial charge on any atom is 0.243 e. The van der Waals surface area contributed by atoms with Crippen LogP contribution in [0.25, 0.3) is 0 Å². The van der Waals surface area contributed by atoms with E-state index in [1.165, 1.54) is 4.31 Å². The number of hydrogen-bond acceptors (Lipinski definition) is 4. The Balaban J connectivity index is 1.54. The zero-order chi connectivity index (χ0) is 22.4. The number of halogens is 1. The summed E-state index contributed by atoms with van der Waals surface area (Å²) in [6, 6.07) is 25.8. The van der Waals surface area contributed by atoms with Crippen LogP contribution >= 0.6 is 11.6 Å². The Hall–Kier alpha value is -3.00. The summed E-state index contributed by atoms with van der Waals surface area (Å²) in [5, 5.41) is 5.15. The number of hydrogen-bond donors (Lipinski definition) is 0. The largest absolute Gasteiger partial charge is 0.248 e. The Morgan fingerprint density at radius 3 is 2.28 bits per heavy atom. The first-order valence-corrected chi connectivity index (χ1v) is 12.0. The Morgan fingerprint density at radius 1 is 0.875 bits per heavy atom. The molecule has 0 N–H and O–H groups in total. The van der Waals surface area contributed by atoms with Crippen molar-refractivity contribution in [2.75, 3.05) is 6.54 Å². The van der Waals surface area contributed by atoms with Gasteiger partial charge in [0.05, 0.1) is 18.0 Å². The Bertz CT molecular complexity index is 1260. The summed E-state index contributed by atoms with van der Waals surface area (Å²) in [5.41, 5.74) is 2.06. The summed E-state index contributed by atoms with van der Waals surface area (Å²) in [4.78, 5) is 4.61. The van der Waals surface area contributed by atoms with Crippen molar-refractivity contribution in [2.24, 2.45) is 0 Å². The number of nitrogens with zero attached hydrogens (tertiary/aromatic N) is 4. The highest BCUT2D eigenvalue weighted by Gasteiger charge is 2.25. The van der Waals surface area contributed by atoms with E-state index in [2.05, 4.69) is 10.1 Å². The minimum absolute atomic E-state index is 0.0899. The van der Waals surface area contributed by atoms with E-state index in [1.807, 2.05) is 54.6 Å². The van der Waals surface area contributed by atoms with Crippen LogP contribution in [0.5, 0.6) is 0 Å². The average molecular weight is 467 g/mol. The van der Waals surface area contributed by atoms with Gasteiger partial charge in [-0.3, -0.25) is 0 Å². The molecular weight excluding hydrogens is 444 g/mol. The van der Waals surface area contributed by atoms with Gasteiger partial charge in [0.2, 0.25) is 10.0 Å². The first kappa shape index (κ1) is 22.2. The second-order valence-corrected chi connectivity index (χ2v) is 9.75. The Morgan fingerprint density at radius 2 is 1.56 bits per heavy atom. The van der Waals surface area contributed by atoms with Crippen molar-refractivity contribution in [1.29, 1.82) is 0 Å². The van der Waals surface area contributed by atoms with Gasteiger partial charge in [0.15, 0.2) is 5.82 Å². The predicted octanol–water partition coefficient (Wildman–Crippen LogP) is 4.41. The maximum atomic E-state index is 13.3. The highest BCUT2D eigenvalue weighted by Crippen LogP contribution is 2.18. The maximum absolute atomic E-state index is 13.3. The summed E-state index contributed by atoms with van der Waals surface area (Å²) in [6.07, 6.45) is 2.21. The van der Waals surface area contributed by atoms with Crippen LogP contribution in [0.2, 0.25) is 5.02 Å². The van der Waals surface area contributed by atoms with Crippen LogP contribution in [-0.4, -0.2) is 34.0 Å². The Kier molecular flexibility index (Phi) is 6.99. The van der Waals surface area contributed by atoms with Crippen molar-refractivity contribution in [3.63, 3.8) is 0 Å². The summed E-state index contributed by atoms with van der Waals surface area (Å²) >= 11 is 6.06. The number of rotatable bonds is 9. The van der Waals surface area contributed by atoms with Crippen molar-refractivity contribution in [3.8, 4) is 0 Å². The molecule has 0 spiro atoms. The molecule has 32 heavy (non-hydrogen) atoms. The summed E-state index contributed by atoms with van der Waals surface area (Å²) in [6.45, 7) is 0.916. The molecule has 0 aliphatic rings. The van der Waals surface area contributed by atoms with E-state index >= 15 is 0 Å². The molecule has 6 nitrogen and oxygen atoms in total. The number of aromatic nitrogens is 3. The minimum Gasteiger partial charge on any atom is -0.248 e. The Labute approximate surface area is 193 Å². The molecule has 0 bridgehead atoms. The van der Waals surface area contributed by atoms with Gasteiger partial charge in [-0.1, -0.05) is 72.3 Å². The fraction of sp³-hybridized carbons (Fsp3) is 0.167. The molecule has 1 heterocycles. The van der Waals surface area contributed by atoms with Gasteiger partial charge < -0.3 is 0 Å². The second kappa shape index (κ2) is 10.1. The van der Waals surface area contributed by atoms with Crippen molar-refractivity contribution in [3.05, 3.63) is 113 Å². The van der Waals surface area contributed by atoms with Crippen molar-refractivity contribution in [1.82, 2.24) is 19.1 Å². The predicted molar refractivity (Wildman–Crippen MR) is 125 cm³/mol. The molecule has 0 unspecified atom stereocenters. The van der Waals surface area contributed by atoms with Crippen molar-refractivity contribution >= 4 is 21.6 Å². The molecule has 4 aromatic rings. The minimum atomic E-state index is -3.70. The average Bonchev–Trinajstić information content (AvgIpc) is 3.24. The molecule has 0 amide bonds. The highest BCUT2D eigenvalue weighted by molar-refractivity contribution is 7.89. The van der Waals surface area contributed by atoms with Crippen LogP contribution in [0.1, 0.15) is 17.0 Å². The summed E-state index contributed by atoms with van der Waals surface area (Å²) < 4.78 is 29.8. The van der Waals surface area contributed by atoms with Crippen LogP contribution in [0.15, 0.2) is 96.2 Å². The lowest BCUT2D eigenvalue weighted by atomic mass is 10.1. The molecule has 0 aliphatic heterocycles. The topological polar surface area (TPSA) is 68.1 Å². The third-order valence-corrected chi connectivity index (χ3v) is 7.10. The molecule has 8 heteroatoms. The van der Waals surface area contributed by atoms with E-state index in [0.717, 1.165) is 11.1 Å². The zero-order valence-electron chi connectivity index (χ0n) is 17.4. The van der Waals surface area contributed by atoms with Crippen molar-refractivity contribution in [2.45, 2.75) is 24.4 Å². The first-order chi connectivity index (χ1) is 15.5. The molecule has 0 aliphatic carbocycles. The molecule has 1 aromatic heterocycles. The molecule has 164 valence electrons. The van der Waals surface area contributed by atoms with Gasteiger partial charge >= 0.3 is 0 Å². The van der Waals surface area contributed by atoms with Gasteiger partial charge in [-0.05, 0) is 41.8 Å². The fourth-order valence-electron chi connectivity index (χ4n) is 3.39. The third kappa shape index (κ3) is 5.62. The van der Waals surface area contributed by atoms with Gasteiger partial charge in [-0.15, -0.1) is 0 Å². The van der Waals surface area contributed by atoms with Gasteiger partial charge in [-0.25, -0.2) is 18.1 Å². The molecule has 3 aromatic carbocycles. The smallest absolute Gasteiger partial charge is 0.243 e. The molecule has 0 atom stereocenters.